The fourth-order valence-electron chi connectivity index (χ4n) is 4.28. The van der Waals surface area contributed by atoms with Crippen LogP contribution in [-0.4, -0.2) is 58.8 Å². The van der Waals surface area contributed by atoms with E-state index in [2.05, 4.69) is 29.2 Å². The van der Waals surface area contributed by atoms with Gasteiger partial charge in [0, 0.05) is 63.9 Å². The predicted molar refractivity (Wildman–Crippen MR) is 137 cm³/mol. The second kappa shape index (κ2) is 11.7. The highest BCUT2D eigenvalue weighted by Gasteiger charge is 2.22. The number of likely N-dealkylation sites (tertiary alicyclic amines) is 1. The maximum absolute atomic E-state index is 12.6. The monoisotopic (exact) mass is 474 g/mol. The number of aromatic nitrogens is 2. The molecule has 7 heteroatoms. The normalized spacial score (nSPS) is 14.6. The molecule has 0 radical (unpaired) electrons. The van der Waals surface area contributed by atoms with Crippen LogP contribution in [0.2, 0.25) is 0 Å². The molecule has 0 bridgehead atoms. The van der Waals surface area contributed by atoms with Crippen LogP contribution in [0.5, 0.6) is 11.5 Å². The molecule has 1 amide bonds. The van der Waals surface area contributed by atoms with E-state index >= 15 is 0 Å². The first-order valence-electron chi connectivity index (χ1n) is 12.0. The van der Waals surface area contributed by atoms with Crippen LogP contribution in [0.3, 0.4) is 0 Å². The molecule has 0 saturated carbocycles. The zero-order chi connectivity index (χ0) is 24.6. The molecular formula is C28H34N4O3. The number of rotatable bonds is 9. The van der Waals surface area contributed by atoms with Gasteiger partial charge in [0.1, 0.15) is 17.6 Å². The molecule has 0 unspecified atom stereocenters. The van der Waals surface area contributed by atoms with Crippen LogP contribution >= 0.6 is 0 Å². The lowest BCUT2D eigenvalue weighted by atomic mass is 10.1. The van der Waals surface area contributed by atoms with Gasteiger partial charge in [-0.3, -0.25) is 14.4 Å². The van der Waals surface area contributed by atoms with Gasteiger partial charge in [0.05, 0.1) is 13.3 Å². The number of ether oxygens (including phenoxy) is 2. The Morgan fingerprint density at radius 2 is 1.69 bits per heavy atom. The molecule has 35 heavy (non-hydrogen) atoms. The van der Waals surface area contributed by atoms with Gasteiger partial charge in [-0.2, -0.15) is 5.10 Å². The van der Waals surface area contributed by atoms with Crippen LogP contribution in [0, 0.1) is 0 Å². The van der Waals surface area contributed by atoms with E-state index < -0.39 is 0 Å². The van der Waals surface area contributed by atoms with Crippen molar-refractivity contribution in [1.82, 2.24) is 19.6 Å². The average Bonchev–Trinajstić information content (AvgIpc) is 3.28. The highest BCUT2D eigenvalue weighted by molar-refractivity contribution is 5.91. The molecule has 1 fully saturated rings. The Morgan fingerprint density at radius 3 is 2.31 bits per heavy atom. The number of amides is 1. The van der Waals surface area contributed by atoms with E-state index in [1.54, 1.807) is 13.2 Å². The number of carbonyl (C=O) groups excluding carboxylic acids is 1. The third kappa shape index (κ3) is 7.20. The van der Waals surface area contributed by atoms with Crippen molar-refractivity contribution in [3.63, 3.8) is 0 Å². The third-order valence-electron chi connectivity index (χ3n) is 6.18. The Hall–Kier alpha value is -3.58. The van der Waals surface area contributed by atoms with Crippen LogP contribution in [0.1, 0.15) is 29.5 Å². The first-order valence-corrected chi connectivity index (χ1v) is 12.0. The first kappa shape index (κ1) is 24.5. The minimum Gasteiger partial charge on any atom is -0.497 e. The Labute approximate surface area is 207 Å². The number of benzene rings is 2. The second-order valence-corrected chi connectivity index (χ2v) is 9.09. The summed E-state index contributed by atoms with van der Waals surface area (Å²) in [4.78, 5) is 16.7. The highest BCUT2D eigenvalue weighted by atomic mass is 16.5. The first-order chi connectivity index (χ1) is 17.0. The molecular weight excluding hydrogens is 440 g/mol. The number of hydrogen-bond acceptors (Lipinski definition) is 5. The topological polar surface area (TPSA) is 59.8 Å². The van der Waals surface area contributed by atoms with Gasteiger partial charge < -0.3 is 14.4 Å². The minimum atomic E-state index is 0.0408. The molecule has 4 rings (SSSR count). The van der Waals surface area contributed by atoms with Crippen molar-refractivity contribution in [2.45, 2.75) is 32.0 Å². The van der Waals surface area contributed by atoms with Crippen LogP contribution in [0.25, 0.3) is 6.08 Å². The van der Waals surface area contributed by atoms with Gasteiger partial charge in [0.2, 0.25) is 5.91 Å². The van der Waals surface area contributed by atoms with E-state index in [0.717, 1.165) is 43.0 Å². The van der Waals surface area contributed by atoms with Gasteiger partial charge in [-0.05, 0) is 48.5 Å². The van der Waals surface area contributed by atoms with Gasteiger partial charge in [-0.15, -0.1) is 0 Å². The van der Waals surface area contributed by atoms with Crippen LogP contribution in [0.4, 0.5) is 0 Å². The Kier molecular flexibility index (Phi) is 8.21. The summed E-state index contributed by atoms with van der Waals surface area (Å²) in [5, 5.41) is 4.23. The number of aryl methyl sites for hydroxylation is 1. The number of hydrogen-bond donors (Lipinski definition) is 0. The quantitative estimate of drug-likeness (QED) is 0.436. The molecule has 2 heterocycles. The van der Waals surface area contributed by atoms with Crippen molar-refractivity contribution >= 4 is 12.0 Å². The molecule has 0 spiro atoms. The van der Waals surface area contributed by atoms with Crippen molar-refractivity contribution in [3.05, 3.63) is 83.7 Å². The molecule has 1 saturated heterocycles. The molecule has 0 aliphatic carbocycles. The van der Waals surface area contributed by atoms with Crippen LogP contribution < -0.4 is 9.47 Å². The summed E-state index contributed by atoms with van der Waals surface area (Å²) >= 11 is 0. The number of nitrogens with zero attached hydrogens (tertiary/aromatic N) is 4. The third-order valence-corrected chi connectivity index (χ3v) is 6.18. The maximum Gasteiger partial charge on any atom is 0.246 e. The molecule has 7 nitrogen and oxygen atoms in total. The predicted octanol–water partition coefficient (Wildman–Crippen LogP) is 4.14. The molecule has 184 valence electrons. The SMILES string of the molecule is COc1ccc(C=CC(=O)N2CCC(Oc3ccc(CN(C)Cc4cnn(C)c4)cc3)CC2)cc1. The Morgan fingerprint density at radius 1 is 1.03 bits per heavy atom. The van der Waals surface area contributed by atoms with Crippen LogP contribution in [-0.2, 0) is 24.9 Å². The molecule has 0 N–H and O–H groups in total. The molecule has 1 aliphatic rings. The van der Waals surface area contributed by atoms with Crippen molar-refractivity contribution in [1.29, 1.82) is 0 Å². The Bertz CT molecular complexity index is 1110. The minimum absolute atomic E-state index is 0.0408. The van der Waals surface area contributed by atoms with Crippen molar-refractivity contribution < 1.29 is 14.3 Å². The van der Waals surface area contributed by atoms with Gasteiger partial charge in [-0.1, -0.05) is 24.3 Å². The fourth-order valence-corrected chi connectivity index (χ4v) is 4.28. The fraction of sp³-hybridized carbons (Fsp3) is 0.357. The molecule has 3 aromatic rings. The van der Waals surface area contributed by atoms with Crippen molar-refractivity contribution in [3.8, 4) is 11.5 Å². The number of carbonyl (C=O) groups is 1. The zero-order valence-corrected chi connectivity index (χ0v) is 20.8. The van der Waals surface area contributed by atoms with Gasteiger partial charge in [-0.25, -0.2) is 0 Å². The van der Waals surface area contributed by atoms with Crippen LogP contribution in [0.15, 0.2) is 67.0 Å². The summed E-state index contributed by atoms with van der Waals surface area (Å²) in [6.45, 7) is 3.12. The van der Waals surface area contributed by atoms with Crippen molar-refractivity contribution in [2.75, 3.05) is 27.2 Å². The maximum atomic E-state index is 12.6. The lowest BCUT2D eigenvalue weighted by molar-refractivity contribution is -0.127. The molecule has 1 aromatic heterocycles. The summed E-state index contributed by atoms with van der Waals surface area (Å²) in [6.07, 6.45) is 9.24. The van der Waals surface area contributed by atoms with E-state index in [0.29, 0.717) is 13.1 Å². The van der Waals surface area contributed by atoms with E-state index in [-0.39, 0.29) is 12.0 Å². The van der Waals surface area contributed by atoms with E-state index in [1.807, 2.05) is 71.5 Å². The standard InChI is InChI=1S/C28H34N4O3/c1-30(20-24-18-29-31(2)21-24)19-23-6-11-26(12-7-23)35-27-14-16-32(17-15-27)28(33)13-8-22-4-9-25(34-3)10-5-22/h4-13,18,21,27H,14-17,19-20H2,1-3H3. The molecule has 1 aliphatic heterocycles. The summed E-state index contributed by atoms with van der Waals surface area (Å²) in [5.41, 5.74) is 3.42. The Balaban J connectivity index is 1.20. The lowest BCUT2D eigenvalue weighted by Gasteiger charge is -2.31. The van der Waals surface area contributed by atoms with E-state index in [1.165, 1.54) is 11.1 Å². The zero-order valence-electron chi connectivity index (χ0n) is 20.8. The van der Waals surface area contributed by atoms with E-state index in [4.69, 9.17) is 9.47 Å². The average molecular weight is 475 g/mol. The van der Waals surface area contributed by atoms with E-state index in [9.17, 15) is 4.79 Å². The summed E-state index contributed by atoms with van der Waals surface area (Å²) in [7, 11) is 5.69. The summed E-state index contributed by atoms with van der Waals surface area (Å²) in [5.74, 6) is 1.73. The number of methoxy groups -OCH3 is 1. The van der Waals surface area contributed by atoms with Gasteiger partial charge in [0.15, 0.2) is 0 Å². The summed E-state index contributed by atoms with van der Waals surface area (Å²) < 4.78 is 13.2. The smallest absolute Gasteiger partial charge is 0.246 e. The second-order valence-electron chi connectivity index (χ2n) is 9.09. The largest absolute Gasteiger partial charge is 0.497 e. The highest BCUT2D eigenvalue weighted by Crippen LogP contribution is 2.21. The number of piperidine rings is 1. The van der Waals surface area contributed by atoms with Gasteiger partial charge >= 0.3 is 0 Å². The molecule has 2 aromatic carbocycles. The summed E-state index contributed by atoms with van der Waals surface area (Å²) in [6, 6.07) is 16.0. The van der Waals surface area contributed by atoms with Crippen molar-refractivity contribution in [2.24, 2.45) is 7.05 Å². The van der Waals surface area contributed by atoms with Gasteiger partial charge in [0.25, 0.3) is 0 Å². The molecule has 0 atom stereocenters. The lowest BCUT2D eigenvalue weighted by Crippen LogP contribution is -2.41.